The van der Waals surface area contributed by atoms with Crippen LogP contribution >= 0.6 is 0 Å². The van der Waals surface area contributed by atoms with E-state index >= 15 is 0 Å². The zero-order chi connectivity index (χ0) is 19.8. The lowest BCUT2D eigenvalue weighted by Gasteiger charge is -2.22. The van der Waals surface area contributed by atoms with Crippen molar-refractivity contribution in [1.82, 2.24) is 14.9 Å². The molecule has 0 bridgehead atoms. The van der Waals surface area contributed by atoms with Crippen molar-refractivity contribution < 1.29 is 19.0 Å². The van der Waals surface area contributed by atoms with Crippen LogP contribution in [0.15, 0.2) is 12.1 Å². The molecule has 4 heterocycles. The number of imidazole rings is 1. The minimum Gasteiger partial charge on any atom is -0.494 e. The third-order valence-corrected chi connectivity index (χ3v) is 6.65. The summed E-state index contributed by atoms with van der Waals surface area (Å²) in [5.74, 6) is 1.60. The highest BCUT2D eigenvalue weighted by Crippen LogP contribution is 2.39. The number of benzene rings is 1. The molecule has 2 N–H and O–H groups in total. The van der Waals surface area contributed by atoms with Gasteiger partial charge in [0.1, 0.15) is 11.3 Å². The van der Waals surface area contributed by atoms with Crippen molar-refractivity contribution in [3.05, 3.63) is 17.7 Å². The summed E-state index contributed by atoms with van der Waals surface area (Å²) >= 11 is 0. The fraction of sp³-hybridized carbons (Fsp3) is 0.619. The Balaban J connectivity index is 1.38. The van der Waals surface area contributed by atoms with E-state index in [0.717, 1.165) is 82.0 Å². The van der Waals surface area contributed by atoms with Gasteiger partial charge >= 0.3 is 6.03 Å². The molecule has 8 nitrogen and oxygen atoms in total. The number of carbonyl (C=O) groups is 1. The van der Waals surface area contributed by atoms with Crippen molar-refractivity contribution in [2.45, 2.75) is 31.6 Å². The Hall–Kier alpha value is -2.32. The van der Waals surface area contributed by atoms with Crippen LogP contribution in [0.4, 0.5) is 10.7 Å². The lowest BCUT2D eigenvalue weighted by molar-refractivity contribution is 0.0856. The molecule has 1 atom stereocenters. The van der Waals surface area contributed by atoms with Gasteiger partial charge in [0.2, 0.25) is 5.95 Å². The van der Waals surface area contributed by atoms with E-state index in [1.807, 2.05) is 11.0 Å². The fourth-order valence-electron chi connectivity index (χ4n) is 4.92. The quantitative estimate of drug-likeness (QED) is 0.826. The number of fused-ring (bicyclic) bond motifs is 1. The number of methoxy groups -OCH3 is 1. The predicted octanol–water partition coefficient (Wildman–Crippen LogP) is 3.11. The van der Waals surface area contributed by atoms with E-state index in [9.17, 15) is 4.79 Å². The molecule has 3 saturated heterocycles. The number of nitrogens with one attached hydrogen (secondary N) is 2. The van der Waals surface area contributed by atoms with Crippen molar-refractivity contribution >= 4 is 23.0 Å². The highest BCUT2D eigenvalue weighted by Gasteiger charge is 2.42. The number of hydrogen-bond donors (Lipinski definition) is 2. The number of aromatic amines is 1. The molecule has 3 aliphatic rings. The Morgan fingerprint density at radius 3 is 2.90 bits per heavy atom. The summed E-state index contributed by atoms with van der Waals surface area (Å²) in [7, 11) is 1.65. The molecular formula is C21H28N4O4. The molecule has 5 rings (SSSR count). The molecular weight excluding hydrogens is 372 g/mol. The summed E-state index contributed by atoms with van der Waals surface area (Å²) in [4.78, 5) is 22.7. The van der Waals surface area contributed by atoms with Gasteiger partial charge in [0, 0.05) is 38.3 Å². The van der Waals surface area contributed by atoms with Crippen LogP contribution in [0, 0.1) is 5.41 Å². The van der Waals surface area contributed by atoms with E-state index in [1.54, 1.807) is 7.11 Å². The van der Waals surface area contributed by atoms with E-state index in [4.69, 9.17) is 19.2 Å². The van der Waals surface area contributed by atoms with Crippen LogP contribution in [0.25, 0.3) is 11.0 Å². The zero-order valence-corrected chi connectivity index (χ0v) is 16.8. The maximum absolute atomic E-state index is 12.8. The van der Waals surface area contributed by atoms with Gasteiger partial charge in [0.05, 0.1) is 19.2 Å². The topological polar surface area (TPSA) is 88.7 Å². The monoisotopic (exact) mass is 400 g/mol. The number of likely N-dealkylation sites (tertiary alicyclic amines) is 1. The highest BCUT2D eigenvalue weighted by molar-refractivity contribution is 5.92. The van der Waals surface area contributed by atoms with Crippen molar-refractivity contribution in [3.8, 4) is 5.75 Å². The van der Waals surface area contributed by atoms with Crippen LogP contribution in [0.3, 0.4) is 0 Å². The first-order valence-electron chi connectivity index (χ1n) is 10.5. The number of ether oxygens (including phenoxy) is 3. The molecule has 3 fully saturated rings. The average Bonchev–Trinajstić information content (AvgIpc) is 3.48. The number of rotatable bonds is 3. The lowest BCUT2D eigenvalue weighted by Crippen LogP contribution is -2.35. The maximum atomic E-state index is 12.8. The van der Waals surface area contributed by atoms with Gasteiger partial charge in [-0.05, 0) is 43.2 Å². The molecule has 1 spiro atoms. The van der Waals surface area contributed by atoms with Crippen LogP contribution in [0.2, 0.25) is 0 Å². The number of carbonyl (C=O) groups excluding carboxylic acids is 1. The van der Waals surface area contributed by atoms with E-state index in [-0.39, 0.29) is 11.4 Å². The summed E-state index contributed by atoms with van der Waals surface area (Å²) in [6.45, 7) is 4.60. The number of nitrogens with zero attached hydrogens (tertiary/aromatic N) is 2. The summed E-state index contributed by atoms with van der Waals surface area (Å²) in [5.41, 5.74) is 3.02. The van der Waals surface area contributed by atoms with Crippen molar-refractivity contribution in [1.29, 1.82) is 0 Å². The van der Waals surface area contributed by atoms with Gasteiger partial charge in [0.15, 0.2) is 0 Å². The smallest absolute Gasteiger partial charge is 0.324 e. The van der Waals surface area contributed by atoms with Crippen LogP contribution < -0.4 is 10.1 Å². The third kappa shape index (κ3) is 3.44. The number of urea groups is 1. The largest absolute Gasteiger partial charge is 0.494 e. The van der Waals surface area contributed by atoms with Crippen LogP contribution in [0.5, 0.6) is 5.75 Å². The molecule has 1 aromatic heterocycles. The Morgan fingerprint density at radius 2 is 2.14 bits per heavy atom. The van der Waals surface area contributed by atoms with Crippen molar-refractivity contribution in [3.63, 3.8) is 0 Å². The molecule has 0 saturated carbocycles. The zero-order valence-electron chi connectivity index (χ0n) is 16.8. The van der Waals surface area contributed by atoms with E-state index in [2.05, 4.69) is 16.4 Å². The Labute approximate surface area is 169 Å². The molecule has 29 heavy (non-hydrogen) atoms. The average molecular weight is 400 g/mol. The first-order chi connectivity index (χ1) is 14.2. The number of amides is 2. The van der Waals surface area contributed by atoms with E-state index in [0.29, 0.717) is 11.9 Å². The second-order valence-electron chi connectivity index (χ2n) is 8.46. The summed E-state index contributed by atoms with van der Waals surface area (Å²) in [6, 6.07) is 3.95. The number of aromatic nitrogens is 2. The summed E-state index contributed by atoms with van der Waals surface area (Å²) in [6.07, 6.45) is 4.00. The SMILES string of the molecule is COc1ccc(C2CCOCC2)c2nc(NC(=O)N3CC[C@]4(CCOC4)C3)[nH]c12. The lowest BCUT2D eigenvalue weighted by atomic mass is 9.87. The first-order valence-corrected chi connectivity index (χ1v) is 10.5. The molecule has 2 amide bonds. The van der Waals surface area contributed by atoms with Gasteiger partial charge < -0.3 is 24.1 Å². The minimum atomic E-state index is -0.112. The fourth-order valence-corrected chi connectivity index (χ4v) is 4.92. The second-order valence-corrected chi connectivity index (χ2v) is 8.46. The van der Waals surface area contributed by atoms with Gasteiger partial charge in [-0.2, -0.15) is 0 Å². The minimum absolute atomic E-state index is 0.112. The van der Waals surface area contributed by atoms with Crippen LogP contribution in [0.1, 0.15) is 37.2 Å². The normalized spacial score (nSPS) is 25.2. The Bertz CT molecular complexity index is 899. The molecule has 156 valence electrons. The van der Waals surface area contributed by atoms with Gasteiger partial charge in [-0.15, -0.1) is 0 Å². The van der Waals surface area contributed by atoms with E-state index < -0.39 is 0 Å². The molecule has 3 aliphatic heterocycles. The molecule has 2 aromatic rings. The van der Waals surface area contributed by atoms with Gasteiger partial charge in [-0.25, -0.2) is 9.78 Å². The molecule has 0 unspecified atom stereocenters. The summed E-state index contributed by atoms with van der Waals surface area (Å²) < 4.78 is 16.6. The van der Waals surface area contributed by atoms with Crippen molar-refractivity contribution in [2.75, 3.05) is 51.9 Å². The molecule has 0 aliphatic carbocycles. The van der Waals surface area contributed by atoms with E-state index in [1.165, 1.54) is 5.56 Å². The molecule has 0 radical (unpaired) electrons. The third-order valence-electron chi connectivity index (χ3n) is 6.65. The van der Waals surface area contributed by atoms with Gasteiger partial charge in [-0.3, -0.25) is 5.32 Å². The van der Waals surface area contributed by atoms with Crippen LogP contribution in [-0.4, -0.2) is 67.5 Å². The predicted molar refractivity (Wildman–Crippen MR) is 109 cm³/mol. The maximum Gasteiger partial charge on any atom is 0.324 e. The van der Waals surface area contributed by atoms with Crippen molar-refractivity contribution in [2.24, 2.45) is 5.41 Å². The summed E-state index contributed by atoms with van der Waals surface area (Å²) in [5, 5.41) is 2.96. The highest BCUT2D eigenvalue weighted by atomic mass is 16.5. The Kier molecular flexibility index (Phi) is 4.83. The number of hydrogen-bond acceptors (Lipinski definition) is 5. The first kappa shape index (κ1) is 18.7. The standard InChI is InChI=1S/C21H28N4O4/c1-27-16-3-2-15(14-4-9-28-10-5-14)17-18(16)23-19(22-17)24-20(26)25-8-6-21(12-25)7-11-29-13-21/h2-3,14H,4-13H2,1H3,(H2,22,23,24,26)/t21-/m0/s1. The molecule has 8 heteroatoms. The van der Waals surface area contributed by atoms with Crippen LogP contribution in [-0.2, 0) is 9.47 Å². The second kappa shape index (κ2) is 7.50. The van der Waals surface area contributed by atoms with Gasteiger partial charge in [0.25, 0.3) is 0 Å². The van der Waals surface area contributed by atoms with Gasteiger partial charge in [-0.1, -0.05) is 6.07 Å². The Morgan fingerprint density at radius 1 is 1.28 bits per heavy atom. The molecule has 1 aromatic carbocycles. The number of anilines is 1. The number of H-pyrrole nitrogens is 1.